The van der Waals surface area contributed by atoms with E-state index >= 15 is 0 Å². The molecule has 3 aromatic carbocycles. The summed E-state index contributed by atoms with van der Waals surface area (Å²) in [7, 11) is -4.09. The Morgan fingerprint density at radius 3 is 2.58 bits per heavy atom. The second-order valence-electron chi connectivity index (χ2n) is 10.0. The van der Waals surface area contributed by atoms with Crippen LogP contribution in [0.1, 0.15) is 52.3 Å². The number of benzene rings is 3. The maximum atomic E-state index is 13.7. The van der Waals surface area contributed by atoms with Gasteiger partial charge in [-0.25, -0.2) is 22.9 Å². The smallest absolute Gasteiger partial charge is 0.332 e. The van der Waals surface area contributed by atoms with Gasteiger partial charge in [0.2, 0.25) is 10.0 Å². The van der Waals surface area contributed by atoms with E-state index in [1.54, 1.807) is 30.3 Å². The number of rotatable bonds is 10. The monoisotopic (exact) mass is 621 g/mol. The molecule has 43 heavy (non-hydrogen) atoms. The van der Waals surface area contributed by atoms with Gasteiger partial charge in [-0.15, -0.1) is 11.3 Å². The summed E-state index contributed by atoms with van der Waals surface area (Å²) >= 11 is 1.39. The third-order valence-corrected chi connectivity index (χ3v) is 9.42. The van der Waals surface area contributed by atoms with E-state index in [4.69, 9.17) is 15.5 Å². The molecule has 1 saturated heterocycles. The van der Waals surface area contributed by atoms with E-state index in [1.807, 2.05) is 30.3 Å². The summed E-state index contributed by atoms with van der Waals surface area (Å²) in [5, 5.41) is 7.19. The molecule has 11 nitrogen and oxygen atoms in total. The highest BCUT2D eigenvalue weighted by Gasteiger charge is 2.26. The number of amidine groups is 1. The molecule has 0 radical (unpaired) electrons. The number of aromatic nitrogens is 1. The standard InChI is InChI=1S/C30H31N5O6S2/c1-19(36)41-34-28(31)21-7-4-6-20(16-21)17-26(30-33-25-10-2-3-11-27(25)42-30)35-43(38,39)24-9-5-8-22(18-24)29(37)32-23-12-14-40-15-13-23/h2-11,16,18,23,26,35H,12-15,17H2,1H3,(H2,31,34)(H,32,37). The Morgan fingerprint density at radius 2 is 1.81 bits per heavy atom. The fourth-order valence-electron chi connectivity index (χ4n) is 4.65. The number of para-hydroxylation sites is 1. The van der Waals surface area contributed by atoms with Crippen molar-refractivity contribution in [1.29, 1.82) is 0 Å². The summed E-state index contributed by atoms with van der Waals surface area (Å²) in [5.41, 5.74) is 8.25. The van der Waals surface area contributed by atoms with Crippen molar-refractivity contribution >= 4 is 49.3 Å². The molecule has 1 aromatic heterocycles. The molecule has 1 fully saturated rings. The Morgan fingerprint density at radius 1 is 1.07 bits per heavy atom. The zero-order chi connectivity index (χ0) is 30.4. The number of amides is 1. The summed E-state index contributed by atoms with van der Waals surface area (Å²) in [6.07, 6.45) is 1.65. The average molecular weight is 622 g/mol. The summed E-state index contributed by atoms with van der Waals surface area (Å²) in [5.74, 6) is -0.934. The van der Waals surface area contributed by atoms with Gasteiger partial charge in [-0.1, -0.05) is 41.6 Å². The van der Waals surface area contributed by atoms with Crippen molar-refractivity contribution in [2.24, 2.45) is 10.9 Å². The van der Waals surface area contributed by atoms with E-state index in [-0.39, 0.29) is 34.7 Å². The van der Waals surface area contributed by atoms with Gasteiger partial charge in [0, 0.05) is 37.3 Å². The van der Waals surface area contributed by atoms with Crippen LogP contribution in [0.4, 0.5) is 0 Å². The van der Waals surface area contributed by atoms with Crippen LogP contribution >= 0.6 is 11.3 Å². The Bertz CT molecular complexity index is 1730. The molecule has 1 aliphatic rings. The Kier molecular flexibility index (Phi) is 9.46. The molecule has 13 heteroatoms. The lowest BCUT2D eigenvalue weighted by molar-refractivity contribution is -0.140. The summed E-state index contributed by atoms with van der Waals surface area (Å²) in [6.45, 7) is 2.37. The number of nitrogens with one attached hydrogen (secondary N) is 2. The summed E-state index contributed by atoms with van der Waals surface area (Å²) in [4.78, 5) is 33.4. The number of ether oxygens (including phenoxy) is 1. The molecule has 0 saturated carbocycles. The molecule has 224 valence electrons. The van der Waals surface area contributed by atoms with Gasteiger partial charge in [-0.05, 0) is 61.2 Å². The molecule has 0 aliphatic carbocycles. The number of fused-ring (bicyclic) bond motifs is 1. The predicted octanol–water partition coefficient (Wildman–Crippen LogP) is 3.65. The number of hydrogen-bond acceptors (Lipinski definition) is 9. The number of nitrogens with two attached hydrogens (primary N) is 1. The molecule has 0 bridgehead atoms. The number of hydrogen-bond donors (Lipinski definition) is 3. The fourth-order valence-corrected chi connectivity index (χ4v) is 6.99. The van der Waals surface area contributed by atoms with Crippen molar-refractivity contribution in [3.8, 4) is 0 Å². The molecule has 1 atom stereocenters. The van der Waals surface area contributed by atoms with E-state index in [1.165, 1.54) is 30.4 Å². The average Bonchev–Trinajstić information content (AvgIpc) is 3.45. The quantitative estimate of drug-likeness (QED) is 0.105. The van der Waals surface area contributed by atoms with Crippen LogP contribution in [0.5, 0.6) is 0 Å². The highest BCUT2D eigenvalue weighted by molar-refractivity contribution is 7.89. The lowest BCUT2D eigenvalue weighted by atomic mass is 10.0. The van der Waals surface area contributed by atoms with Crippen LogP contribution < -0.4 is 15.8 Å². The molecule has 1 unspecified atom stereocenters. The largest absolute Gasteiger partial charge is 0.381 e. The first-order valence-corrected chi connectivity index (χ1v) is 15.9. The Labute approximate surface area is 253 Å². The zero-order valence-corrected chi connectivity index (χ0v) is 25.0. The minimum absolute atomic E-state index is 0.00464. The summed E-state index contributed by atoms with van der Waals surface area (Å²) < 4.78 is 36.6. The number of carbonyl (C=O) groups is 2. The van der Waals surface area contributed by atoms with Crippen LogP contribution in [0.25, 0.3) is 10.2 Å². The number of carbonyl (C=O) groups excluding carboxylic acids is 2. The minimum Gasteiger partial charge on any atom is -0.381 e. The van der Waals surface area contributed by atoms with E-state index in [9.17, 15) is 18.0 Å². The van der Waals surface area contributed by atoms with Crippen LogP contribution in [-0.2, 0) is 30.8 Å². The lowest BCUT2D eigenvalue weighted by Gasteiger charge is -2.23. The van der Waals surface area contributed by atoms with Crippen LogP contribution in [-0.4, -0.2) is 50.4 Å². The van der Waals surface area contributed by atoms with E-state index in [2.05, 4.69) is 20.0 Å². The molecule has 2 heterocycles. The van der Waals surface area contributed by atoms with Crippen molar-refractivity contribution in [3.63, 3.8) is 0 Å². The van der Waals surface area contributed by atoms with Gasteiger partial charge in [-0.2, -0.15) is 0 Å². The zero-order valence-electron chi connectivity index (χ0n) is 23.4. The molecule has 1 aliphatic heterocycles. The number of sulfonamides is 1. The number of thiazole rings is 1. The first kappa shape index (κ1) is 30.3. The molecule has 0 spiro atoms. The second-order valence-corrected chi connectivity index (χ2v) is 12.8. The first-order chi connectivity index (χ1) is 20.7. The molecule has 4 aromatic rings. The lowest BCUT2D eigenvalue weighted by Crippen LogP contribution is -2.39. The highest BCUT2D eigenvalue weighted by Crippen LogP contribution is 2.30. The normalized spacial score (nSPS) is 15.2. The number of nitrogens with zero attached hydrogens (tertiary/aromatic N) is 2. The van der Waals surface area contributed by atoms with Crippen LogP contribution in [0, 0.1) is 0 Å². The van der Waals surface area contributed by atoms with Gasteiger partial charge in [0.25, 0.3) is 5.91 Å². The van der Waals surface area contributed by atoms with Crippen LogP contribution in [0.3, 0.4) is 0 Å². The third kappa shape index (κ3) is 7.82. The molecule has 5 rings (SSSR count). The van der Waals surface area contributed by atoms with Gasteiger partial charge in [0.05, 0.1) is 21.2 Å². The SMILES string of the molecule is CC(=O)ON=C(N)c1cccc(CC(NS(=O)(=O)c2cccc(C(=O)NC3CCOCC3)c2)c2nc3ccccc3s2)c1. The Hall–Kier alpha value is -4.17. The molecule has 4 N–H and O–H groups in total. The maximum absolute atomic E-state index is 13.7. The van der Waals surface area contributed by atoms with Gasteiger partial charge < -0.3 is 20.6 Å². The van der Waals surface area contributed by atoms with Crippen molar-refractivity contribution in [2.45, 2.75) is 43.2 Å². The molecule has 1 amide bonds. The fraction of sp³-hybridized carbons (Fsp3) is 0.267. The third-order valence-electron chi connectivity index (χ3n) is 6.80. The van der Waals surface area contributed by atoms with Crippen molar-refractivity contribution < 1.29 is 27.6 Å². The highest BCUT2D eigenvalue weighted by atomic mass is 32.2. The second kappa shape index (κ2) is 13.4. The predicted molar refractivity (Wildman–Crippen MR) is 163 cm³/mol. The van der Waals surface area contributed by atoms with E-state index in [0.717, 1.165) is 15.8 Å². The van der Waals surface area contributed by atoms with Gasteiger partial charge in [0.15, 0.2) is 5.84 Å². The van der Waals surface area contributed by atoms with E-state index < -0.39 is 22.0 Å². The summed E-state index contributed by atoms with van der Waals surface area (Å²) in [6, 6.07) is 19.8. The van der Waals surface area contributed by atoms with Crippen molar-refractivity contribution in [3.05, 3.63) is 94.5 Å². The topological polar surface area (TPSA) is 162 Å². The van der Waals surface area contributed by atoms with Gasteiger partial charge in [-0.3, -0.25) is 4.79 Å². The van der Waals surface area contributed by atoms with Crippen molar-refractivity contribution in [2.75, 3.05) is 13.2 Å². The van der Waals surface area contributed by atoms with Crippen molar-refractivity contribution in [1.82, 2.24) is 15.0 Å². The van der Waals surface area contributed by atoms with Crippen LogP contribution in [0.2, 0.25) is 0 Å². The molecular weight excluding hydrogens is 590 g/mol. The van der Waals surface area contributed by atoms with E-state index in [0.29, 0.717) is 36.6 Å². The number of oxime groups is 1. The first-order valence-electron chi connectivity index (χ1n) is 13.6. The van der Waals surface area contributed by atoms with Gasteiger partial charge in [0.1, 0.15) is 5.01 Å². The minimum atomic E-state index is -4.09. The molecular formula is C30H31N5O6S2. The van der Waals surface area contributed by atoms with Gasteiger partial charge >= 0.3 is 5.97 Å². The maximum Gasteiger partial charge on any atom is 0.332 e. The Balaban J connectivity index is 1.42. The van der Waals surface area contributed by atoms with Crippen LogP contribution in [0.15, 0.2) is 82.8 Å².